The van der Waals surface area contributed by atoms with E-state index in [-0.39, 0.29) is 0 Å². The standard InChI is InChI=1S/C8H13N3/c1-6(2)7-4-10-5-11(3)8(7)9/h4-6,9H,1-3H3. The van der Waals surface area contributed by atoms with Crippen LogP contribution in [-0.4, -0.2) is 9.55 Å². The van der Waals surface area contributed by atoms with Crippen LogP contribution in [0.4, 0.5) is 0 Å². The average molecular weight is 151 g/mol. The maximum absolute atomic E-state index is 7.65. The predicted molar refractivity (Wildman–Crippen MR) is 43.2 cm³/mol. The van der Waals surface area contributed by atoms with E-state index in [0.29, 0.717) is 11.4 Å². The Balaban J connectivity index is 3.28. The normalized spacial score (nSPS) is 10.5. The molecule has 3 heteroatoms. The molecule has 1 heterocycles. The first-order chi connectivity index (χ1) is 5.13. The van der Waals surface area contributed by atoms with Gasteiger partial charge in [-0.05, 0) is 5.92 Å². The van der Waals surface area contributed by atoms with Gasteiger partial charge in [-0.15, -0.1) is 0 Å². The van der Waals surface area contributed by atoms with Crippen molar-refractivity contribution in [1.82, 2.24) is 9.55 Å². The highest BCUT2D eigenvalue weighted by atomic mass is 15.0. The topological polar surface area (TPSA) is 41.7 Å². The summed E-state index contributed by atoms with van der Waals surface area (Å²) in [5.74, 6) is 0.377. The van der Waals surface area contributed by atoms with E-state index in [9.17, 15) is 0 Å². The highest BCUT2D eigenvalue weighted by Crippen LogP contribution is 2.05. The Hall–Kier alpha value is -1.12. The number of nitrogens with zero attached hydrogens (tertiary/aromatic N) is 2. The van der Waals surface area contributed by atoms with Crippen LogP contribution in [-0.2, 0) is 7.05 Å². The Morgan fingerprint density at radius 3 is 2.64 bits per heavy atom. The average Bonchev–Trinajstić information content (AvgIpc) is 1.94. The molecule has 0 aliphatic rings. The number of hydrogen-bond donors (Lipinski definition) is 1. The molecule has 1 rings (SSSR count). The van der Waals surface area contributed by atoms with Gasteiger partial charge < -0.3 is 4.57 Å². The third kappa shape index (κ3) is 1.48. The minimum absolute atomic E-state index is 0.377. The number of hydrogen-bond acceptors (Lipinski definition) is 2. The van der Waals surface area contributed by atoms with Crippen molar-refractivity contribution < 1.29 is 0 Å². The molecule has 0 unspecified atom stereocenters. The van der Waals surface area contributed by atoms with E-state index in [1.807, 2.05) is 7.05 Å². The summed E-state index contributed by atoms with van der Waals surface area (Å²) in [7, 11) is 1.83. The van der Waals surface area contributed by atoms with Gasteiger partial charge in [0.05, 0.1) is 6.33 Å². The summed E-state index contributed by atoms with van der Waals surface area (Å²) < 4.78 is 1.72. The van der Waals surface area contributed by atoms with Gasteiger partial charge in [0.2, 0.25) is 0 Å². The molecule has 1 aromatic heterocycles. The quantitative estimate of drug-likeness (QED) is 0.639. The van der Waals surface area contributed by atoms with Gasteiger partial charge in [-0.3, -0.25) is 5.41 Å². The molecule has 0 bridgehead atoms. The maximum Gasteiger partial charge on any atom is 0.130 e. The van der Waals surface area contributed by atoms with Crippen molar-refractivity contribution in [3.63, 3.8) is 0 Å². The van der Waals surface area contributed by atoms with Crippen LogP contribution in [0.2, 0.25) is 0 Å². The summed E-state index contributed by atoms with van der Waals surface area (Å²) in [6, 6.07) is 0. The van der Waals surface area contributed by atoms with Crippen LogP contribution in [0.1, 0.15) is 25.3 Å². The molecule has 0 spiro atoms. The monoisotopic (exact) mass is 151 g/mol. The second kappa shape index (κ2) is 2.86. The molecule has 11 heavy (non-hydrogen) atoms. The summed E-state index contributed by atoms with van der Waals surface area (Å²) >= 11 is 0. The van der Waals surface area contributed by atoms with Crippen LogP contribution in [0.25, 0.3) is 0 Å². The number of nitrogens with one attached hydrogen (secondary N) is 1. The fourth-order valence-corrected chi connectivity index (χ4v) is 0.959. The lowest BCUT2D eigenvalue weighted by Gasteiger charge is -2.06. The summed E-state index contributed by atoms with van der Waals surface area (Å²) in [6.45, 7) is 4.13. The van der Waals surface area contributed by atoms with Gasteiger partial charge in [-0.2, -0.15) is 0 Å². The van der Waals surface area contributed by atoms with Gasteiger partial charge in [-0.25, -0.2) is 4.98 Å². The molecule has 0 amide bonds. The molecule has 1 aromatic rings. The van der Waals surface area contributed by atoms with Crippen molar-refractivity contribution in [3.05, 3.63) is 23.6 Å². The number of aryl methyl sites for hydroxylation is 1. The summed E-state index contributed by atoms with van der Waals surface area (Å²) in [5, 5.41) is 7.65. The smallest absolute Gasteiger partial charge is 0.130 e. The molecule has 1 N–H and O–H groups in total. The lowest BCUT2D eigenvalue weighted by atomic mass is 10.1. The van der Waals surface area contributed by atoms with Gasteiger partial charge in [0.1, 0.15) is 5.49 Å². The highest BCUT2D eigenvalue weighted by Gasteiger charge is 2.01. The van der Waals surface area contributed by atoms with E-state index in [2.05, 4.69) is 18.8 Å². The third-order valence-electron chi connectivity index (χ3n) is 1.70. The van der Waals surface area contributed by atoms with E-state index in [4.69, 9.17) is 5.41 Å². The van der Waals surface area contributed by atoms with Gasteiger partial charge >= 0.3 is 0 Å². The molecule has 0 saturated heterocycles. The van der Waals surface area contributed by atoms with Crippen molar-refractivity contribution >= 4 is 0 Å². The molecule has 0 radical (unpaired) electrons. The van der Waals surface area contributed by atoms with Gasteiger partial charge in [0, 0.05) is 18.8 Å². The van der Waals surface area contributed by atoms with Crippen LogP contribution in [0.3, 0.4) is 0 Å². The molecule has 0 aromatic carbocycles. The van der Waals surface area contributed by atoms with Crippen molar-refractivity contribution in [2.45, 2.75) is 19.8 Å². The van der Waals surface area contributed by atoms with Gasteiger partial charge in [-0.1, -0.05) is 13.8 Å². The summed E-state index contributed by atoms with van der Waals surface area (Å²) in [5.41, 5.74) is 1.55. The van der Waals surface area contributed by atoms with Crippen molar-refractivity contribution in [1.29, 1.82) is 5.41 Å². The highest BCUT2D eigenvalue weighted by molar-refractivity contribution is 5.06. The van der Waals surface area contributed by atoms with Crippen LogP contribution in [0.15, 0.2) is 12.5 Å². The minimum Gasteiger partial charge on any atom is -0.320 e. The molecule has 3 nitrogen and oxygen atoms in total. The Labute approximate surface area is 66.2 Å². The van der Waals surface area contributed by atoms with Gasteiger partial charge in [0.25, 0.3) is 0 Å². The summed E-state index contributed by atoms with van der Waals surface area (Å²) in [6.07, 6.45) is 3.40. The fourth-order valence-electron chi connectivity index (χ4n) is 0.959. The van der Waals surface area contributed by atoms with Crippen molar-refractivity contribution in [2.24, 2.45) is 7.05 Å². The molecule has 0 aliphatic carbocycles. The Morgan fingerprint density at radius 2 is 2.18 bits per heavy atom. The van der Waals surface area contributed by atoms with Crippen LogP contribution in [0, 0.1) is 5.41 Å². The van der Waals surface area contributed by atoms with Crippen molar-refractivity contribution in [2.75, 3.05) is 0 Å². The fraction of sp³-hybridized carbons (Fsp3) is 0.500. The van der Waals surface area contributed by atoms with E-state index in [1.165, 1.54) is 0 Å². The molecule has 0 saturated carbocycles. The molecule has 0 atom stereocenters. The first-order valence-corrected chi connectivity index (χ1v) is 3.68. The van der Waals surface area contributed by atoms with E-state index < -0.39 is 0 Å². The Kier molecular flexibility index (Phi) is 2.08. The first kappa shape index (κ1) is 7.98. The molecule has 0 fully saturated rings. The Bertz CT molecular complexity index is 298. The van der Waals surface area contributed by atoms with Crippen LogP contribution < -0.4 is 5.49 Å². The number of aromatic nitrogens is 2. The second-order valence-corrected chi connectivity index (χ2v) is 2.96. The zero-order chi connectivity index (χ0) is 8.43. The van der Waals surface area contributed by atoms with Gasteiger partial charge in [0.15, 0.2) is 0 Å². The van der Waals surface area contributed by atoms with E-state index in [1.54, 1.807) is 17.1 Å². The SMILES string of the molecule is CC(C)c1cncn(C)c1=N. The van der Waals surface area contributed by atoms with Crippen LogP contribution in [0.5, 0.6) is 0 Å². The Morgan fingerprint density at radius 1 is 1.55 bits per heavy atom. The maximum atomic E-state index is 7.65. The van der Waals surface area contributed by atoms with Crippen molar-refractivity contribution in [3.8, 4) is 0 Å². The minimum atomic E-state index is 0.377. The van der Waals surface area contributed by atoms with E-state index in [0.717, 1.165) is 5.56 Å². The lowest BCUT2D eigenvalue weighted by Crippen LogP contribution is -2.21. The second-order valence-electron chi connectivity index (χ2n) is 2.96. The first-order valence-electron chi connectivity index (χ1n) is 3.68. The van der Waals surface area contributed by atoms with Crippen LogP contribution >= 0.6 is 0 Å². The zero-order valence-electron chi connectivity index (χ0n) is 7.13. The molecule has 0 aliphatic heterocycles. The molecule has 60 valence electrons. The lowest BCUT2D eigenvalue weighted by molar-refractivity contribution is 0.724. The largest absolute Gasteiger partial charge is 0.320 e. The van der Waals surface area contributed by atoms with E-state index >= 15 is 0 Å². The predicted octanol–water partition coefficient (Wildman–Crippen LogP) is 1.02. The zero-order valence-corrected chi connectivity index (χ0v) is 7.13. The third-order valence-corrected chi connectivity index (χ3v) is 1.70. The molecular formula is C8H13N3. The summed E-state index contributed by atoms with van der Waals surface area (Å²) in [4.78, 5) is 4.01. The number of rotatable bonds is 1. The molecular weight excluding hydrogens is 138 g/mol.